The molecular formula is C12H19N3O2. The van der Waals surface area contributed by atoms with Crippen LogP contribution in [0.4, 0.5) is 0 Å². The molecule has 2 heterocycles. The van der Waals surface area contributed by atoms with Crippen LogP contribution in [0.5, 0.6) is 0 Å². The van der Waals surface area contributed by atoms with Gasteiger partial charge in [-0.3, -0.25) is 9.48 Å². The van der Waals surface area contributed by atoms with E-state index in [4.69, 9.17) is 4.74 Å². The quantitative estimate of drug-likeness (QED) is 0.775. The van der Waals surface area contributed by atoms with Crippen LogP contribution in [0.25, 0.3) is 0 Å². The van der Waals surface area contributed by atoms with Gasteiger partial charge in [-0.25, -0.2) is 0 Å². The molecule has 5 nitrogen and oxygen atoms in total. The topological polar surface area (TPSA) is 47.4 Å². The molecule has 2 unspecified atom stereocenters. The lowest BCUT2D eigenvalue weighted by Gasteiger charge is -2.35. The molecule has 1 aromatic rings. The highest BCUT2D eigenvalue weighted by molar-refractivity contribution is 5.93. The Labute approximate surface area is 101 Å². The molecule has 0 N–H and O–H groups in total. The zero-order valence-corrected chi connectivity index (χ0v) is 10.6. The van der Waals surface area contributed by atoms with Crippen LogP contribution in [0, 0.1) is 0 Å². The predicted molar refractivity (Wildman–Crippen MR) is 63.8 cm³/mol. The number of amides is 1. The van der Waals surface area contributed by atoms with Crippen molar-refractivity contribution in [1.82, 2.24) is 14.7 Å². The fourth-order valence-electron chi connectivity index (χ4n) is 2.17. The third kappa shape index (κ3) is 2.66. The van der Waals surface area contributed by atoms with Gasteiger partial charge in [-0.1, -0.05) is 0 Å². The van der Waals surface area contributed by atoms with E-state index in [0.29, 0.717) is 18.7 Å². The molecule has 0 radical (unpaired) electrons. The van der Waals surface area contributed by atoms with Crippen molar-refractivity contribution in [1.29, 1.82) is 0 Å². The van der Waals surface area contributed by atoms with E-state index in [9.17, 15) is 4.79 Å². The molecule has 2 rings (SSSR count). The highest BCUT2D eigenvalue weighted by Gasteiger charge is 2.27. The Morgan fingerprint density at radius 1 is 1.47 bits per heavy atom. The zero-order chi connectivity index (χ0) is 12.4. The largest absolute Gasteiger partial charge is 0.372 e. The van der Waals surface area contributed by atoms with Crippen LogP contribution in [-0.4, -0.2) is 45.9 Å². The molecule has 1 aliphatic rings. The van der Waals surface area contributed by atoms with Crippen LogP contribution in [0.3, 0.4) is 0 Å². The second kappa shape index (κ2) is 4.87. The van der Waals surface area contributed by atoms with Crippen molar-refractivity contribution < 1.29 is 9.53 Å². The lowest BCUT2D eigenvalue weighted by atomic mass is 10.2. The molecule has 0 spiro atoms. The van der Waals surface area contributed by atoms with E-state index in [1.54, 1.807) is 17.1 Å². The van der Waals surface area contributed by atoms with Crippen molar-refractivity contribution in [2.24, 2.45) is 0 Å². The van der Waals surface area contributed by atoms with E-state index < -0.39 is 0 Å². The minimum Gasteiger partial charge on any atom is -0.372 e. The molecular weight excluding hydrogens is 218 g/mol. The van der Waals surface area contributed by atoms with Gasteiger partial charge in [0.1, 0.15) is 0 Å². The number of carbonyl (C=O) groups excluding carboxylic acids is 1. The fourth-order valence-corrected chi connectivity index (χ4v) is 2.17. The van der Waals surface area contributed by atoms with Gasteiger partial charge in [-0.2, -0.15) is 5.10 Å². The number of nitrogens with zero attached hydrogens (tertiary/aromatic N) is 3. The average molecular weight is 237 g/mol. The number of ether oxygens (including phenoxy) is 1. The number of rotatable bonds is 2. The summed E-state index contributed by atoms with van der Waals surface area (Å²) in [7, 11) is 0. The summed E-state index contributed by atoms with van der Waals surface area (Å²) in [6.45, 7) is 8.07. The molecule has 1 aliphatic heterocycles. The minimum absolute atomic E-state index is 0.0479. The summed E-state index contributed by atoms with van der Waals surface area (Å²) < 4.78 is 7.38. The minimum atomic E-state index is 0.0479. The maximum absolute atomic E-state index is 12.2. The first-order chi connectivity index (χ1) is 8.10. The summed E-state index contributed by atoms with van der Waals surface area (Å²) in [5.74, 6) is 0.0479. The second-order valence-corrected chi connectivity index (χ2v) is 4.55. The monoisotopic (exact) mass is 237 g/mol. The molecule has 1 aromatic heterocycles. The van der Waals surface area contributed by atoms with E-state index >= 15 is 0 Å². The molecule has 0 aliphatic carbocycles. The summed E-state index contributed by atoms with van der Waals surface area (Å²) in [6, 6.07) is 0. The molecule has 5 heteroatoms. The van der Waals surface area contributed by atoms with Gasteiger partial charge in [0.2, 0.25) is 0 Å². The van der Waals surface area contributed by atoms with Crippen LogP contribution in [-0.2, 0) is 11.3 Å². The molecule has 1 fully saturated rings. The number of hydrogen-bond acceptors (Lipinski definition) is 3. The third-order valence-electron chi connectivity index (χ3n) is 2.91. The molecule has 94 valence electrons. The normalized spacial score (nSPS) is 25.0. The Hall–Kier alpha value is -1.36. The van der Waals surface area contributed by atoms with Crippen LogP contribution in [0.15, 0.2) is 12.4 Å². The summed E-state index contributed by atoms with van der Waals surface area (Å²) in [6.07, 6.45) is 3.64. The molecule has 2 atom stereocenters. The van der Waals surface area contributed by atoms with Gasteiger partial charge >= 0.3 is 0 Å². The molecule has 0 aromatic carbocycles. The van der Waals surface area contributed by atoms with Crippen molar-refractivity contribution in [3.63, 3.8) is 0 Å². The van der Waals surface area contributed by atoms with Crippen LogP contribution in [0.2, 0.25) is 0 Å². The highest BCUT2D eigenvalue weighted by Crippen LogP contribution is 2.13. The SMILES string of the molecule is CCn1cc(C(=O)N2CC(C)OC(C)C2)cn1. The first-order valence-corrected chi connectivity index (χ1v) is 6.07. The van der Waals surface area contributed by atoms with E-state index in [1.165, 1.54) is 0 Å². The van der Waals surface area contributed by atoms with Crippen molar-refractivity contribution in [2.45, 2.75) is 39.5 Å². The Bertz CT molecular complexity index is 392. The summed E-state index contributed by atoms with van der Waals surface area (Å²) in [4.78, 5) is 14.1. The zero-order valence-electron chi connectivity index (χ0n) is 10.6. The van der Waals surface area contributed by atoms with Crippen LogP contribution < -0.4 is 0 Å². The maximum Gasteiger partial charge on any atom is 0.257 e. The summed E-state index contributed by atoms with van der Waals surface area (Å²) >= 11 is 0. The van der Waals surface area contributed by atoms with E-state index in [2.05, 4.69) is 5.10 Å². The van der Waals surface area contributed by atoms with E-state index in [1.807, 2.05) is 25.7 Å². The van der Waals surface area contributed by atoms with Crippen molar-refractivity contribution >= 4 is 5.91 Å². The van der Waals surface area contributed by atoms with Crippen LogP contribution in [0.1, 0.15) is 31.1 Å². The smallest absolute Gasteiger partial charge is 0.257 e. The maximum atomic E-state index is 12.2. The predicted octanol–water partition coefficient (Wildman–Crippen LogP) is 1.15. The van der Waals surface area contributed by atoms with Gasteiger partial charge < -0.3 is 9.64 Å². The molecule has 1 saturated heterocycles. The molecule has 0 saturated carbocycles. The second-order valence-electron chi connectivity index (χ2n) is 4.55. The Morgan fingerprint density at radius 2 is 2.12 bits per heavy atom. The number of aromatic nitrogens is 2. The van der Waals surface area contributed by atoms with Crippen LogP contribution >= 0.6 is 0 Å². The van der Waals surface area contributed by atoms with Gasteiger partial charge in [0.15, 0.2) is 0 Å². The third-order valence-corrected chi connectivity index (χ3v) is 2.91. The first-order valence-electron chi connectivity index (χ1n) is 6.07. The van der Waals surface area contributed by atoms with E-state index in [-0.39, 0.29) is 18.1 Å². The van der Waals surface area contributed by atoms with Gasteiger partial charge in [0, 0.05) is 25.8 Å². The number of morpholine rings is 1. The molecule has 1 amide bonds. The van der Waals surface area contributed by atoms with E-state index in [0.717, 1.165) is 6.54 Å². The number of hydrogen-bond donors (Lipinski definition) is 0. The summed E-state index contributed by atoms with van der Waals surface area (Å²) in [5.41, 5.74) is 0.660. The number of carbonyl (C=O) groups is 1. The fraction of sp³-hybridized carbons (Fsp3) is 0.667. The van der Waals surface area contributed by atoms with Gasteiger partial charge in [-0.15, -0.1) is 0 Å². The van der Waals surface area contributed by atoms with Gasteiger partial charge in [-0.05, 0) is 20.8 Å². The van der Waals surface area contributed by atoms with Crippen molar-refractivity contribution in [3.05, 3.63) is 18.0 Å². The summed E-state index contributed by atoms with van der Waals surface area (Å²) in [5, 5.41) is 4.13. The first kappa shape index (κ1) is 12.1. The highest BCUT2D eigenvalue weighted by atomic mass is 16.5. The standard InChI is InChI=1S/C12H19N3O2/c1-4-15-8-11(5-13-15)12(16)14-6-9(2)17-10(3)7-14/h5,8-10H,4,6-7H2,1-3H3. The van der Waals surface area contributed by atoms with Crippen molar-refractivity contribution in [3.8, 4) is 0 Å². The Kier molecular flexibility index (Phi) is 3.47. The lowest BCUT2D eigenvalue weighted by Crippen LogP contribution is -2.48. The molecule has 17 heavy (non-hydrogen) atoms. The Balaban J connectivity index is 2.08. The Morgan fingerprint density at radius 3 is 2.65 bits per heavy atom. The average Bonchev–Trinajstić information content (AvgIpc) is 2.75. The van der Waals surface area contributed by atoms with Gasteiger partial charge in [0.25, 0.3) is 5.91 Å². The van der Waals surface area contributed by atoms with Gasteiger partial charge in [0.05, 0.1) is 24.0 Å². The molecule has 0 bridgehead atoms. The number of aryl methyl sites for hydroxylation is 1. The lowest BCUT2D eigenvalue weighted by molar-refractivity contribution is -0.0586. The van der Waals surface area contributed by atoms with Crippen molar-refractivity contribution in [2.75, 3.05) is 13.1 Å².